The molecule has 12 heavy (non-hydrogen) atoms. The molecule has 0 amide bonds. The highest BCUT2D eigenvalue weighted by atomic mass is 79.9. The molecular weight excluding hydrogens is 238 g/mol. The minimum absolute atomic E-state index is 0.0931. The predicted molar refractivity (Wildman–Crippen MR) is 55.5 cm³/mol. The Bertz CT molecular complexity index is 251. The molecule has 2 unspecified atom stereocenters. The van der Waals surface area contributed by atoms with Crippen molar-refractivity contribution in [1.82, 2.24) is 5.32 Å². The first-order valence-electron chi connectivity index (χ1n) is 3.74. The molecule has 0 saturated carbocycles. The van der Waals surface area contributed by atoms with Crippen molar-refractivity contribution in [3.63, 3.8) is 0 Å². The summed E-state index contributed by atoms with van der Waals surface area (Å²) in [6.45, 7) is 1.96. The topological polar surface area (TPSA) is 32.3 Å². The first-order valence-corrected chi connectivity index (χ1v) is 5.41. The van der Waals surface area contributed by atoms with Crippen LogP contribution in [0.25, 0.3) is 0 Å². The molecule has 0 saturated heterocycles. The Morgan fingerprint density at radius 3 is 2.75 bits per heavy atom. The molecule has 1 aromatic heterocycles. The van der Waals surface area contributed by atoms with Crippen molar-refractivity contribution in [2.24, 2.45) is 0 Å². The van der Waals surface area contributed by atoms with Crippen molar-refractivity contribution < 1.29 is 5.11 Å². The number of hydrogen-bond acceptors (Lipinski definition) is 3. The lowest BCUT2D eigenvalue weighted by Crippen LogP contribution is -2.28. The van der Waals surface area contributed by atoms with Gasteiger partial charge in [-0.1, -0.05) is 0 Å². The van der Waals surface area contributed by atoms with Crippen LogP contribution in [0.15, 0.2) is 15.9 Å². The molecule has 68 valence electrons. The van der Waals surface area contributed by atoms with E-state index < -0.39 is 6.10 Å². The van der Waals surface area contributed by atoms with Gasteiger partial charge in [0.2, 0.25) is 0 Å². The van der Waals surface area contributed by atoms with E-state index in [1.165, 1.54) is 0 Å². The number of likely N-dealkylation sites (N-methyl/N-ethyl adjacent to an activating group) is 1. The number of halogens is 1. The molecule has 0 fully saturated rings. The van der Waals surface area contributed by atoms with E-state index in [4.69, 9.17) is 0 Å². The second-order valence-electron chi connectivity index (χ2n) is 2.69. The molecule has 0 aliphatic carbocycles. The maximum atomic E-state index is 9.73. The van der Waals surface area contributed by atoms with Gasteiger partial charge in [0.1, 0.15) is 6.10 Å². The van der Waals surface area contributed by atoms with Gasteiger partial charge in [0.15, 0.2) is 0 Å². The maximum Gasteiger partial charge on any atom is 0.103 e. The molecule has 1 heterocycles. The summed E-state index contributed by atoms with van der Waals surface area (Å²) in [7, 11) is 1.84. The minimum Gasteiger partial charge on any atom is -0.386 e. The van der Waals surface area contributed by atoms with Gasteiger partial charge in [0, 0.05) is 20.8 Å². The van der Waals surface area contributed by atoms with Crippen LogP contribution in [-0.2, 0) is 0 Å². The van der Waals surface area contributed by atoms with E-state index in [1.807, 2.05) is 25.4 Å². The average Bonchev–Trinajstić information content (AvgIpc) is 2.49. The normalized spacial score (nSPS) is 16.0. The molecule has 2 N–H and O–H groups in total. The minimum atomic E-state index is -0.411. The highest BCUT2D eigenvalue weighted by Crippen LogP contribution is 2.27. The van der Waals surface area contributed by atoms with Crippen molar-refractivity contribution in [3.8, 4) is 0 Å². The molecule has 0 aliphatic rings. The third kappa shape index (κ3) is 2.29. The summed E-state index contributed by atoms with van der Waals surface area (Å²) in [5.41, 5.74) is 0. The van der Waals surface area contributed by atoms with Gasteiger partial charge in [-0.25, -0.2) is 0 Å². The summed E-state index contributed by atoms with van der Waals surface area (Å²) in [4.78, 5) is 0.990. The fourth-order valence-electron chi connectivity index (χ4n) is 0.888. The van der Waals surface area contributed by atoms with Crippen LogP contribution in [-0.4, -0.2) is 18.2 Å². The molecule has 1 rings (SSSR count). The van der Waals surface area contributed by atoms with E-state index in [0.717, 1.165) is 9.35 Å². The Balaban J connectivity index is 2.70. The predicted octanol–water partition coefficient (Wildman–Crippen LogP) is 2.15. The molecule has 2 atom stereocenters. The van der Waals surface area contributed by atoms with E-state index in [9.17, 15) is 5.11 Å². The van der Waals surface area contributed by atoms with Gasteiger partial charge in [0.05, 0.1) is 0 Å². The third-order valence-corrected chi connectivity index (χ3v) is 3.57. The van der Waals surface area contributed by atoms with Gasteiger partial charge in [-0.2, -0.15) is 0 Å². The van der Waals surface area contributed by atoms with Crippen LogP contribution < -0.4 is 5.32 Å². The number of aliphatic hydroxyl groups is 1. The molecule has 0 aromatic carbocycles. The summed E-state index contributed by atoms with van der Waals surface area (Å²) < 4.78 is 1.03. The molecule has 0 bridgehead atoms. The van der Waals surface area contributed by atoms with Gasteiger partial charge >= 0.3 is 0 Å². The zero-order chi connectivity index (χ0) is 9.14. The quantitative estimate of drug-likeness (QED) is 0.861. The monoisotopic (exact) mass is 249 g/mol. The highest BCUT2D eigenvalue weighted by Gasteiger charge is 2.15. The number of rotatable bonds is 3. The van der Waals surface area contributed by atoms with Crippen LogP contribution in [0.5, 0.6) is 0 Å². The van der Waals surface area contributed by atoms with Gasteiger partial charge in [0.25, 0.3) is 0 Å². The van der Waals surface area contributed by atoms with Crippen molar-refractivity contribution in [2.45, 2.75) is 19.1 Å². The SMILES string of the molecule is CNC(C)C(O)c1cc(Br)cs1. The molecule has 0 aliphatic heterocycles. The molecule has 0 radical (unpaired) electrons. The molecule has 1 aromatic rings. The first-order chi connectivity index (χ1) is 5.65. The van der Waals surface area contributed by atoms with Crippen LogP contribution >= 0.6 is 27.3 Å². The van der Waals surface area contributed by atoms with E-state index in [-0.39, 0.29) is 6.04 Å². The number of hydrogen-bond donors (Lipinski definition) is 2. The Labute approximate surface area is 84.7 Å². The largest absolute Gasteiger partial charge is 0.386 e. The molecule has 2 nitrogen and oxygen atoms in total. The third-order valence-electron chi connectivity index (χ3n) is 1.81. The molecule has 4 heteroatoms. The van der Waals surface area contributed by atoms with E-state index in [0.29, 0.717) is 0 Å². The van der Waals surface area contributed by atoms with Crippen molar-refractivity contribution in [2.75, 3.05) is 7.05 Å². The number of thiophene rings is 1. The lowest BCUT2D eigenvalue weighted by atomic mass is 10.1. The van der Waals surface area contributed by atoms with Gasteiger partial charge in [-0.3, -0.25) is 0 Å². The standard InChI is InChI=1S/C8H12BrNOS/c1-5(10-2)8(11)7-3-6(9)4-12-7/h3-5,8,10-11H,1-2H3. The second-order valence-corrected chi connectivity index (χ2v) is 4.55. The summed E-state index contributed by atoms with van der Waals surface area (Å²) in [5, 5.41) is 14.7. The van der Waals surface area contributed by atoms with Crippen molar-refractivity contribution in [1.29, 1.82) is 0 Å². The van der Waals surface area contributed by atoms with E-state index in [1.54, 1.807) is 11.3 Å². The van der Waals surface area contributed by atoms with Crippen LogP contribution in [0.3, 0.4) is 0 Å². The number of nitrogens with one attached hydrogen (secondary N) is 1. The van der Waals surface area contributed by atoms with E-state index in [2.05, 4.69) is 21.2 Å². The van der Waals surface area contributed by atoms with Crippen molar-refractivity contribution >= 4 is 27.3 Å². The molecule has 0 spiro atoms. The first kappa shape index (κ1) is 10.2. The lowest BCUT2D eigenvalue weighted by molar-refractivity contribution is 0.143. The van der Waals surface area contributed by atoms with Crippen LogP contribution in [0, 0.1) is 0 Å². The Hall–Kier alpha value is 0.1000. The summed E-state index contributed by atoms with van der Waals surface area (Å²) in [5.74, 6) is 0. The van der Waals surface area contributed by atoms with Gasteiger partial charge in [-0.05, 0) is 36.0 Å². The van der Waals surface area contributed by atoms with Crippen LogP contribution in [0.2, 0.25) is 0 Å². The fourth-order valence-corrected chi connectivity index (χ4v) is 2.42. The zero-order valence-electron chi connectivity index (χ0n) is 7.04. The average molecular weight is 250 g/mol. The summed E-state index contributed by atoms with van der Waals surface area (Å²) in [6, 6.07) is 2.04. The Morgan fingerprint density at radius 2 is 2.33 bits per heavy atom. The number of aliphatic hydroxyl groups excluding tert-OH is 1. The summed E-state index contributed by atoms with van der Waals surface area (Å²) >= 11 is 4.91. The van der Waals surface area contributed by atoms with Crippen molar-refractivity contribution in [3.05, 3.63) is 20.8 Å². The maximum absolute atomic E-state index is 9.73. The highest BCUT2D eigenvalue weighted by molar-refractivity contribution is 9.10. The second kappa shape index (κ2) is 4.37. The Kier molecular flexibility index (Phi) is 3.71. The fraction of sp³-hybridized carbons (Fsp3) is 0.500. The smallest absolute Gasteiger partial charge is 0.103 e. The van der Waals surface area contributed by atoms with Gasteiger partial charge in [-0.15, -0.1) is 11.3 Å². The van der Waals surface area contributed by atoms with Crippen LogP contribution in [0.1, 0.15) is 17.9 Å². The van der Waals surface area contributed by atoms with Crippen LogP contribution in [0.4, 0.5) is 0 Å². The van der Waals surface area contributed by atoms with Gasteiger partial charge < -0.3 is 10.4 Å². The summed E-state index contributed by atoms with van der Waals surface area (Å²) in [6.07, 6.45) is -0.411. The Morgan fingerprint density at radius 1 is 1.67 bits per heavy atom. The molecular formula is C8H12BrNOS. The lowest BCUT2D eigenvalue weighted by Gasteiger charge is -2.16. The zero-order valence-corrected chi connectivity index (χ0v) is 9.45. The van der Waals surface area contributed by atoms with E-state index >= 15 is 0 Å².